The molecule has 28 heavy (non-hydrogen) atoms. The molecule has 0 fully saturated rings. The van der Waals surface area contributed by atoms with Crippen molar-refractivity contribution in [1.29, 1.82) is 0 Å². The van der Waals surface area contributed by atoms with E-state index in [1.807, 2.05) is 16.9 Å². The Labute approximate surface area is 180 Å². The van der Waals surface area contributed by atoms with Crippen LogP contribution in [-0.2, 0) is 25.9 Å². The average Bonchev–Trinajstić information content (AvgIpc) is 3.43. The fourth-order valence-corrected chi connectivity index (χ4v) is 5.16. The second kappa shape index (κ2) is 11.0. The summed E-state index contributed by atoms with van der Waals surface area (Å²) in [6.45, 7) is 6.80. The minimum Gasteiger partial charge on any atom is -0.289 e. The number of halogens is 1. The summed E-state index contributed by atoms with van der Waals surface area (Å²) in [5.74, 6) is 0.522. The van der Waals surface area contributed by atoms with Crippen LogP contribution in [0, 0.1) is 0 Å². The summed E-state index contributed by atoms with van der Waals surface area (Å²) in [4.78, 5) is 12.0. The molecule has 0 saturated heterocycles. The van der Waals surface area contributed by atoms with Crippen molar-refractivity contribution in [2.45, 2.75) is 58.7 Å². The zero-order chi connectivity index (χ0) is 19.8. The van der Waals surface area contributed by atoms with Crippen LogP contribution in [0.2, 0.25) is 0 Å². The van der Waals surface area contributed by atoms with Crippen molar-refractivity contribution in [3.05, 3.63) is 50.6 Å². The Kier molecular flexibility index (Phi) is 8.45. The second-order valence-corrected chi connectivity index (χ2v) is 9.12. The first-order valence-corrected chi connectivity index (χ1v) is 12.1. The first-order valence-electron chi connectivity index (χ1n) is 9.85. The highest BCUT2D eigenvalue weighted by molar-refractivity contribution is 7.09. The van der Waals surface area contributed by atoms with Crippen molar-refractivity contribution >= 4 is 34.3 Å². The Bertz CT molecular complexity index is 768. The summed E-state index contributed by atoms with van der Waals surface area (Å²) in [6, 6.07) is 2.07. The molecular formula is C20H28ClN5S2. The number of aromatic nitrogens is 4. The molecule has 3 heterocycles. The Hall–Kier alpha value is -1.28. The minimum absolute atomic E-state index is 0.124. The van der Waals surface area contributed by atoms with Gasteiger partial charge < -0.3 is 0 Å². The van der Waals surface area contributed by atoms with Gasteiger partial charge in [-0.05, 0) is 31.7 Å². The molecule has 5 nitrogen and oxygen atoms in total. The van der Waals surface area contributed by atoms with Crippen LogP contribution in [0.4, 0.5) is 0 Å². The van der Waals surface area contributed by atoms with Gasteiger partial charge in [-0.1, -0.05) is 13.8 Å². The molecular weight excluding hydrogens is 410 g/mol. The number of rotatable bonds is 12. The lowest BCUT2D eigenvalue weighted by atomic mass is 10.2. The molecule has 0 spiro atoms. The van der Waals surface area contributed by atoms with Gasteiger partial charge in [-0.25, -0.2) is 9.97 Å². The lowest BCUT2D eigenvalue weighted by Gasteiger charge is -2.25. The van der Waals surface area contributed by atoms with Crippen LogP contribution in [0.15, 0.2) is 29.2 Å². The van der Waals surface area contributed by atoms with Gasteiger partial charge in [-0.2, -0.15) is 5.10 Å². The molecule has 0 aliphatic heterocycles. The Morgan fingerprint density at radius 2 is 1.64 bits per heavy atom. The number of hydrogen-bond acceptors (Lipinski definition) is 6. The van der Waals surface area contributed by atoms with Gasteiger partial charge in [0.2, 0.25) is 0 Å². The molecule has 3 aromatic rings. The maximum atomic E-state index is 6.29. The lowest BCUT2D eigenvalue weighted by molar-refractivity contribution is 0.213. The van der Waals surface area contributed by atoms with Crippen LogP contribution in [0.1, 0.15) is 54.1 Å². The van der Waals surface area contributed by atoms with E-state index >= 15 is 0 Å². The molecule has 0 amide bonds. The molecule has 152 valence electrons. The van der Waals surface area contributed by atoms with E-state index in [9.17, 15) is 0 Å². The largest absolute Gasteiger partial charge is 0.289 e. The molecule has 3 rings (SSSR count). The number of thiazole rings is 2. The molecule has 3 aromatic heterocycles. The topological polar surface area (TPSA) is 46.8 Å². The Morgan fingerprint density at radius 3 is 2.11 bits per heavy atom. The van der Waals surface area contributed by atoms with Gasteiger partial charge >= 0.3 is 0 Å². The van der Waals surface area contributed by atoms with Crippen LogP contribution in [0.3, 0.4) is 0 Å². The average molecular weight is 438 g/mol. The zero-order valence-corrected chi connectivity index (χ0v) is 18.9. The maximum Gasteiger partial charge on any atom is 0.0928 e. The summed E-state index contributed by atoms with van der Waals surface area (Å²) < 4.78 is 1.95. The van der Waals surface area contributed by atoms with E-state index in [0.717, 1.165) is 56.7 Å². The number of nitrogens with zero attached hydrogens (tertiary/aromatic N) is 5. The van der Waals surface area contributed by atoms with Gasteiger partial charge in [0.05, 0.1) is 27.4 Å². The molecule has 1 unspecified atom stereocenters. The third-order valence-corrected chi connectivity index (χ3v) is 6.71. The van der Waals surface area contributed by atoms with Crippen LogP contribution >= 0.6 is 34.3 Å². The van der Waals surface area contributed by atoms with Crippen molar-refractivity contribution in [3.8, 4) is 0 Å². The van der Waals surface area contributed by atoms with Gasteiger partial charge in [-0.15, -0.1) is 34.3 Å². The first kappa shape index (κ1) is 21.4. The van der Waals surface area contributed by atoms with E-state index in [1.54, 1.807) is 28.9 Å². The quantitative estimate of drug-likeness (QED) is 0.366. The summed E-state index contributed by atoms with van der Waals surface area (Å²) in [5, 5.41) is 11.2. The minimum atomic E-state index is 0.124. The number of hydrogen-bond donors (Lipinski definition) is 0. The van der Waals surface area contributed by atoms with E-state index in [4.69, 9.17) is 21.6 Å². The fraction of sp³-hybridized carbons (Fsp3) is 0.550. The van der Waals surface area contributed by atoms with E-state index in [-0.39, 0.29) is 6.04 Å². The van der Waals surface area contributed by atoms with Crippen molar-refractivity contribution < 1.29 is 0 Å². The highest BCUT2D eigenvalue weighted by Gasteiger charge is 2.18. The predicted octanol–water partition coefficient (Wildman–Crippen LogP) is 5.18. The summed E-state index contributed by atoms with van der Waals surface area (Å²) >= 11 is 9.81. The molecule has 0 aromatic carbocycles. The Balaban J connectivity index is 1.73. The van der Waals surface area contributed by atoms with Gasteiger partial charge in [0.1, 0.15) is 0 Å². The molecule has 1 atom stereocenters. The summed E-state index contributed by atoms with van der Waals surface area (Å²) in [7, 11) is 0. The standard InChI is InChI=1S/C20H28ClN5S2/c1-3-6-19-23-16(14-27-19)11-25(12-17-15-28-20(24-17)7-4-2)13-18(10-21)26-9-5-8-22-26/h5,8-9,14-15,18H,3-4,6-7,10-13H2,1-2H3. The fourth-order valence-electron chi connectivity index (χ4n) is 3.14. The van der Waals surface area contributed by atoms with Gasteiger partial charge in [-0.3, -0.25) is 9.58 Å². The zero-order valence-electron chi connectivity index (χ0n) is 16.6. The predicted molar refractivity (Wildman–Crippen MR) is 118 cm³/mol. The summed E-state index contributed by atoms with van der Waals surface area (Å²) in [5.41, 5.74) is 2.26. The van der Waals surface area contributed by atoms with Crippen LogP contribution in [0.5, 0.6) is 0 Å². The monoisotopic (exact) mass is 437 g/mol. The maximum absolute atomic E-state index is 6.29. The van der Waals surface area contributed by atoms with Crippen molar-refractivity contribution in [2.75, 3.05) is 12.4 Å². The molecule has 0 N–H and O–H groups in total. The van der Waals surface area contributed by atoms with Crippen LogP contribution in [0.25, 0.3) is 0 Å². The van der Waals surface area contributed by atoms with Gasteiger partial charge in [0, 0.05) is 48.7 Å². The van der Waals surface area contributed by atoms with E-state index < -0.39 is 0 Å². The second-order valence-electron chi connectivity index (χ2n) is 6.93. The summed E-state index contributed by atoms with van der Waals surface area (Å²) in [6.07, 6.45) is 8.14. The van der Waals surface area contributed by atoms with Crippen molar-refractivity contribution in [1.82, 2.24) is 24.6 Å². The lowest BCUT2D eigenvalue weighted by Crippen LogP contribution is -2.31. The van der Waals surface area contributed by atoms with Crippen molar-refractivity contribution in [3.63, 3.8) is 0 Å². The number of alkyl halides is 1. The van der Waals surface area contributed by atoms with E-state index in [1.165, 1.54) is 10.0 Å². The van der Waals surface area contributed by atoms with Crippen LogP contribution < -0.4 is 0 Å². The third kappa shape index (κ3) is 6.11. The SMILES string of the molecule is CCCc1nc(CN(Cc2csc(CCC)n2)CC(CCl)n2cccn2)cs1. The van der Waals surface area contributed by atoms with Crippen LogP contribution in [-0.4, -0.2) is 37.1 Å². The molecule has 0 saturated carbocycles. The normalized spacial score (nSPS) is 12.7. The van der Waals surface area contributed by atoms with Crippen molar-refractivity contribution in [2.24, 2.45) is 0 Å². The molecule has 8 heteroatoms. The molecule has 0 aliphatic rings. The Morgan fingerprint density at radius 1 is 1.04 bits per heavy atom. The smallest absolute Gasteiger partial charge is 0.0928 e. The van der Waals surface area contributed by atoms with Gasteiger partial charge in [0.25, 0.3) is 0 Å². The molecule has 0 aliphatic carbocycles. The highest BCUT2D eigenvalue weighted by atomic mass is 35.5. The first-order chi connectivity index (χ1) is 13.7. The van der Waals surface area contributed by atoms with E-state index in [0.29, 0.717) is 5.88 Å². The van der Waals surface area contributed by atoms with Gasteiger partial charge in [0.15, 0.2) is 0 Å². The molecule has 0 radical (unpaired) electrons. The number of aryl methyl sites for hydroxylation is 2. The molecule has 0 bridgehead atoms. The third-order valence-electron chi connectivity index (χ3n) is 4.44. The van der Waals surface area contributed by atoms with E-state index in [2.05, 4.69) is 34.6 Å². The highest BCUT2D eigenvalue weighted by Crippen LogP contribution is 2.20.